The van der Waals surface area contributed by atoms with E-state index >= 15 is 0 Å². The highest BCUT2D eigenvalue weighted by molar-refractivity contribution is 5.93. The molecule has 8 nitrogen and oxygen atoms in total. The van der Waals surface area contributed by atoms with E-state index in [0.29, 0.717) is 17.4 Å². The minimum absolute atomic E-state index is 0.0731. The van der Waals surface area contributed by atoms with Crippen LogP contribution < -0.4 is 0 Å². The van der Waals surface area contributed by atoms with E-state index in [9.17, 15) is 4.79 Å². The SMILES string of the molecule is Cn1cncc1C(=O)N1[C@@H]2CC[C@H]1CC(c1nc(-c3ccncc3)no1)C2. The van der Waals surface area contributed by atoms with Crippen LogP contribution in [0.3, 0.4) is 0 Å². The average Bonchev–Trinajstić information content (AvgIpc) is 3.40. The lowest BCUT2D eigenvalue weighted by Gasteiger charge is -2.37. The molecule has 0 saturated carbocycles. The number of fused-ring (bicyclic) bond motifs is 2. The van der Waals surface area contributed by atoms with Crippen molar-refractivity contribution in [2.24, 2.45) is 7.05 Å². The van der Waals surface area contributed by atoms with Gasteiger partial charge in [-0.1, -0.05) is 5.16 Å². The Balaban J connectivity index is 1.35. The third-order valence-electron chi connectivity index (χ3n) is 5.73. The standard InChI is InChI=1S/C19H20N6O2/c1-24-11-21-10-16(24)19(26)25-14-2-3-15(25)9-13(8-14)18-22-17(23-27-18)12-4-6-20-7-5-12/h4-7,10-11,13-15H,2-3,8-9H2,1H3/t13?,14-,15+. The van der Waals surface area contributed by atoms with Crippen molar-refractivity contribution in [3.8, 4) is 11.4 Å². The number of hydrogen-bond acceptors (Lipinski definition) is 6. The van der Waals surface area contributed by atoms with Gasteiger partial charge in [-0.05, 0) is 37.8 Å². The molecule has 2 saturated heterocycles. The Morgan fingerprint density at radius 1 is 1.15 bits per heavy atom. The van der Waals surface area contributed by atoms with Crippen LogP contribution in [0.5, 0.6) is 0 Å². The number of imidazole rings is 1. The summed E-state index contributed by atoms with van der Waals surface area (Å²) in [6, 6.07) is 4.17. The predicted octanol–water partition coefficient (Wildman–Crippen LogP) is 2.42. The van der Waals surface area contributed by atoms with Crippen molar-refractivity contribution < 1.29 is 9.32 Å². The van der Waals surface area contributed by atoms with Crippen molar-refractivity contribution in [1.82, 2.24) is 29.6 Å². The van der Waals surface area contributed by atoms with Crippen molar-refractivity contribution in [2.75, 3.05) is 0 Å². The summed E-state index contributed by atoms with van der Waals surface area (Å²) >= 11 is 0. The normalized spacial score (nSPS) is 24.3. The summed E-state index contributed by atoms with van der Waals surface area (Å²) < 4.78 is 7.36. The number of piperidine rings is 1. The molecule has 3 atom stereocenters. The Hall–Kier alpha value is -3.03. The van der Waals surface area contributed by atoms with Crippen LogP contribution in [0, 0.1) is 0 Å². The van der Waals surface area contributed by atoms with Crippen molar-refractivity contribution in [2.45, 2.75) is 43.7 Å². The number of pyridine rings is 1. The molecule has 2 aliphatic heterocycles. The summed E-state index contributed by atoms with van der Waals surface area (Å²) in [6.07, 6.45) is 10.5. The molecule has 2 bridgehead atoms. The summed E-state index contributed by atoms with van der Waals surface area (Å²) in [6.45, 7) is 0. The zero-order valence-electron chi connectivity index (χ0n) is 15.0. The van der Waals surface area contributed by atoms with Gasteiger partial charge < -0.3 is 14.0 Å². The number of aromatic nitrogens is 5. The summed E-state index contributed by atoms with van der Waals surface area (Å²) in [7, 11) is 1.86. The minimum Gasteiger partial charge on any atom is -0.339 e. The molecule has 1 amide bonds. The first-order valence-corrected chi connectivity index (χ1v) is 9.23. The molecule has 0 spiro atoms. The second-order valence-corrected chi connectivity index (χ2v) is 7.35. The number of hydrogen-bond donors (Lipinski definition) is 0. The molecular formula is C19H20N6O2. The fourth-order valence-electron chi connectivity index (χ4n) is 4.43. The second kappa shape index (κ2) is 6.29. The Morgan fingerprint density at radius 3 is 2.56 bits per heavy atom. The molecule has 2 aliphatic rings. The number of amides is 1. The summed E-state index contributed by atoms with van der Waals surface area (Å²) in [5, 5.41) is 4.13. The smallest absolute Gasteiger partial charge is 0.272 e. The number of aryl methyl sites for hydroxylation is 1. The molecule has 1 unspecified atom stereocenters. The van der Waals surface area contributed by atoms with Crippen LogP contribution in [0.4, 0.5) is 0 Å². The van der Waals surface area contributed by atoms with E-state index in [0.717, 1.165) is 31.2 Å². The fourth-order valence-corrected chi connectivity index (χ4v) is 4.43. The van der Waals surface area contributed by atoms with E-state index in [1.165, 1.54) is 0 Å². The Bertz CT molecular complexity index is 952. The monoisotopic (exact) mass is 364 g/mol. The van der Waals surface area contributed by atoms with E-state index < -0.39 is 0 Å². The number of carbonyl (C=O) groups is 1. The van der Waals surface area contributed by atoms with E-state index in [1.807, 2.05) is 24.1 Å². The third kappa shape index (κ3) is 2.72. The van der Waals surface area contributed by atoms with Crippen molar-refractivity contribution in [3.05, 3.63) is 48.6 Å². The molecule has 3 aromatic heterocycles. The van der Waals surface area contributed by atoms with Gasteiger partial charge in [0.1, 0.15) is 5.69 Å². The number of nitrogens with zero attached hydrogens (tertiary/aromatic N) is 6. The zero-order valence-corrected chi connectivity index (χ0v) is 15.0. The maximum absolute atomic E-state index is 13.0. The number of rotatable bonds is 3. The van der Waals surface area contributed by atoms with Gasteiger partial charge >= 0.3 is 0 Å². The van der Waals surface area contributed by atoms with Gasteiger partial charge in [0.2, 0.25) is 11.7 Å². The first-order chi connectivity index (χ1) is 13.2. The molecule has 27 heavy (non-hydrogen) atoms. The van der Waals surface area contributed by atoms with E-state index in [2.05, 4.69) is 20.1 Å². The summed E-state index contributed by atoms with van der Waals surface area (Å²) in [4.78, 5) is 27.7. The van der Waals surface area contributed by atoms with Crippen LogP contribution in [-0.4, -0.2) is 47.6 Å². The highest BCUT2D eigenvalue weighted by Crippen LogP contribution is 2.43. The Morgan fingerprint density at radius 2 is 1.89 bits per heavy atom. The summed E-state index contributed by atoms with van der Waals surface area (Å²) in [5.41, 5.74) is 1.54. The average molecular weight is 364 g/mol. The van der Waals surface area contributed by atoms with Crippen LogP contribution in [0.1, 0.15) is 48.0 Å². The maximum atomic E-state index is 13.0. The molecule has 0 radical (unpaired) electrons. The Labute approximate surface area is 156 Å². The van der Waals surface area contributed by atoms with Crippen LogP contribution >= 0.6 is 0 Å². The van der Waals surface area contributed by atoms with Crippen LogP contribution in [0.15, 0.2) is 41.6 Å². The molecule has 2 fully saturated rings. The van der Waals surface area contributed by atoms with Gasteiger partial charge in [-0.2, -0.15) is 4.98 Å². The first-order valence-electron chi connectivity index (χ1n) is 9.23. The predicted molar refractivity (Wildman–Crippen MR) is 95.7 cm³/mol. The van der Waals surface area contributed by atoms with Crippen LogP contribution in [0.2, 0.25) is 0 Å². The van der Waals surface area contributed by atoms with Gasteiger partial charge in [0.05, 0.1) is 12.5 Å². The quantitative estimate of drug-likeness (QED) is 0.709. The van der Waals surface area contributed by atoms with Crippen LogP contribution in [0.25, 0.3) is 11.4 Å². The number of carbonyl (C=O) groups excluding carboxylic acids is 1. The Kier molecular flexibility index (Phi) is 3.77. The highest BCUT2D eigenvalue weighted by atomic mass is 16.5. The fraction of sp³-hybridized carbons (Fsp3) is 0.421. The lowest BCUT2D eigenvalue weighted by molar-refractivity contribution is 0.0545. The molecule has 8 heteroatoms. The first kappa shape index (κ1) is 16.2. The van der Waals surface area contributed by atoms with Crippen LogP contribution in [-0.2, 0) is 7.05 Å². The van der Waals surface area contributed by atoms with E-state index in [4.69, 9.17) is 4.52 Å². The highest BCUT2D eigenvalue weighted by Gasteiger charge is 2.45. The van der Waals surface area contributed by atoms with Gasteiger partial charge in [-0.25, -0.2) is 4.98 Å². The minimum atomic E-state index is 0.0731. The van der Waals surface area contributed by atoms with E-state index in [1.54, 1.807) is 29.5 Å². The second-order valence-electron chi connectivity index (χ2n) is 7.35. The molecule has 5 heterocycles. The van der Waals surface area contributed by atoms with Crippen molar-refractivity contribution in [3.63, 3.8) is 0 Å². The topological polar surface area (TPSA) is 89.9 Å². The van der Waals surface area contributed by atoms with Gasteiger partial charge in [-0.15, -0.1) is 0 Å². The van der Waals surface area contributed by atoms with Gasteiger partial charge in [-0.3, -0.25) is 9.78 Å². The maximum Gasteiger partial charge on any atom is 0.272 e. The molecule has 5 rings (SSSR count). The molecule has 0 N–H and O–H groups in total. The molecule has 0 aromatic carbocycles. The van der Waals surface area contributed by atoms with Gasteiger partial charge in [0.15, 0.2) is 0 Å². The van der Waals surface area contributed by atoms with E-state index in [-0.39, 0.29) is 23.9 Å². The lowest BCUT2D eigenvalue weighted by atomic mass is 9.90. The summed E-state index contributed by atoms with van der Waals surface area (Å²) in [5.74, 6) is 1.53. The van der Waals surface area contributed by atoms with Crippen molar-refractivity contribution in [1.29, 1.82) is 0 Å². The van der Waals surface area contributed by atoms with Crippen molar-refractivity contribution >= 4 is 5.91 Å². The molecule has 0 aliphatic carbocycles. The third-order valence-corrected chi connectivity index (χ3v) is 5.73. The molecule has 3 aromatic rings. The zero-order chi connectivity index (χ0) is 18.4. The lowest BCUT2D eigenvalue weighted by Crippen LogP contribution is -2.46. The molecular weight excluding hydrogens is 344 g/mol. The van der Waals surface area contributed by atoms with Gasteiger partial charge in [0, 0.05) is 43.0 Å². The van der Waals surface area contributed by atoms with Gasteiger partial charge in [0.25, 0.3) is 5.91 Å². The largest absolute Gasteiger partial charge is 0.339 e. The molecule has 138 valence electrons.